The summed E-state index contributed by atoms with van der Waals surface area (Å²) in [5.74, 6) is 0.913. The first kappa shape index (κ1) is 11.7. The van der Waals surface area contributed by atoms with E-state index in [0.717, 1.165) is 16.9 Å². The number of Topliss-reactive ketones (excluding diaryl/α,β-unsaturated/α-hetero) is 1. The summed E-state index contributed by atoms with van der Waals surface area (Å²) >= 11 is 0. The average Bonchev–Trinajstić information content (AvgIpc) is 2.20. The molecule has 15 heavy (non-hydrogen) atoms. The maximum Gasteiger partial charge on any atom is 0.134 e. The van der Waals surface area contributed by atoms with Gasteiger partial charge in [0, 0.05) is 19.1 Å². The van der Waals surface area contributed by atoms with Gasteiger partial charge in [0.25, 0.3) is 0 Å². The van der Waals surface area contributed by atoms with Crippen molar-refractivity contribution < 1.29 is 14.3 Å². The van der Waals surface area contributed by atoms with Gasteiger partial charge in [0.05, 0.1) is 13.7 Å². The van der Waals surface area contributed by atoms with Gasteiger partial charge in [-0.25, -0.2) is 0 Å². The van der Waals surface area contributed by atoms with Crippen molar-refractivity contribution in [2.45, 2.75) is 20.0 Å². The summed E-state index contributed by atoms with van der Waals surface area (Å²) < 4.78 is 10.3. The summed E-state index contributed by atoms with van der Waals surface area (Å²) in [4.78, 5) is 11.1. The molecular formula is C12H16O3. The predicted octanol–water partition coefficient (Wildman–Crippen LogP) is 1.97. The number of rotatable bonds is 5. The highest BCUT2D eigenvalue weighted by molar-refractivity contribution is 5.78. The molecule has 0 radical (unpaired) electrons. The molecule has 0 aliphatic carbocycles. The minimum atomic E-state index is 0.139. The molecule has 0 heterocycles. The Morgan fingerprint density at radius 3 is 2.60 bits per heavy atom. The second kappa shape index (κ2) is 5.51. The van der Waals surface area contributed by atoms with Crippen molar-refractivity contribution in [3.63, 3.8) is 0 Å². The van der Waals surface area contributed by atoms with E-state index >= 15 is 0 Å². The summed E-state index contributed by atoms with van der Waals surface area (Å²) in [5, 5.41) is 0. The maximum absolute atomic E-state index is 11.1. The Morgan fingerprint density at radius 2 is 2.07 bits per heavy atom. The van der Waals surface area contributed by atoms with Crippen LogP contribution in [0.2, 0.25) is 0 Å². The van der Waals surface area contributed by atoms with Crippen LogP contribution in [0.15, 0.2) is 18.2 Å². The number of ether oxygens (including phenoxy) is 2. The third kappa shape index (κ3) is 3.06. The monoisotopic (exact) mass is 208 g/mol. The van der Waals surface area contributed by atoms with Crippen molar-refractivity contribution >= 4 is 5.78 Å². The molecule has 0 N–H and O–H groups in total. The van der Waals surface area contributed by atoms with Gasteiger partial charge in [-0.2, -0.15) is 0 Å². The first-order valence-electron chi connectivity index (χ1n) is 4.82. The number of carbonyl (C=O) groups excluding carboxylic acids is 1. The average molecular weight is 208 g/mol. The van der Waals surface area contributed by atoms with Crippen molar-refractivity contribution in [2.75, 3.05) is 14.2 Å². The number of methoxy groups -OCH3 is 2. The molecule has 0 unspecified atom stereocenters. The minimum absolute atomic E-state index is 0.139. The number of benzene rings is 1. The van der Waals surface area contributed by atoms with Crippen LogP contribution in [0.1, 0.15) is 18.1 Å². The van der Waals surface area contributed by atoms with Gasteiger partial charge in [-0.15, -0.1) is 0 Å². The summed E-state index contributed by atoms with van der Waals surface area (Å²) in [6.07, 6.45) is 0.426. The molecule has 3 heteroatoms. The van der Waals surface area contributed by atoms with E-state index in [1.54, 1.807) is 21.1 Å². The summed E-state index contributed by atoms with van der Waals surface area (Å²) in [6, 6.07) is 5.69. The molecule has 0 bridgehead atoms. The zero-order chi connectivity index (χ0) is 11.3. The number of ketones is 1. The lowest BCUT2D eigenvalue weighted by molar-refractivity contribution is -0.116. The zero-order valence-corrected chi connectivity index (χ0v) is 9.37. The Kier molecular flexibility index (Phi) is 4.31. The Bertz CT molecular complexity index is 345. The smallest absolute Gasteiger partial charge is 0.134 e. The predicted molar refractivity (Wildman–Crippen MR) is 58.1 cm³/mol. The van der Waals surface area contributed by atoms with E-state index in [0.29, 0.717) is 13.0 Å². The molecule has 0 saturated heterocycles. The third-order valence-corrected chi connectivity index (χ3v) is 2.18. The Hall–Kier alpha value is -1.35. The van der Waals surface area contributed by atoms with E-state index < -0.39 is 0 Å². The van der Waals surface area contributed by atoms with E-state index in [9.17, 15) is 4.79 Å². The maximum atomic E-state index is 11.1. The van der Waals surface area contributed by atoms with E-state index in [1.807, 2.05) is 18.2 Å². The summed E-state index contributed by atoms with van der Waals surface area (Å²) in [7, 11) is 3.25. The first-order chi connectivity index (χ1) is 7.19. The van der Waals surface area contributed by atoms with E-state index in [-0.39, 0.29) is 5.78 Å². The van der Waals surface area contributed by atoms with Gasteiger partial charge in [0.1, 0.15) is 11.5 Å². The molecule has 0 saturated carbocycles. The second-order valence-electron chi connectivity index (χ2n) is 3.41. The fraction of sp³-hybridized carbons (Fsp3) is 0.417. The van der Waals surface area contributed by atoms with Crippen molar-refractivity contribution in [1.82, 2.24) is 0 Å². The number of hydrogen-bond donors (Lipinski definition) is 0. The van der Waals surface area contributed by atoms with E-state index in [4.69, 9.17) is 9.47 Å². The Labute approximate surface area is 90.0 Å². The second-order valence-corrected chi connectivity index (χ2v) is 3.41. The normalized spacial score (nSPS) is 10.1. The van der Waals surface area contributed by atoms with Crippen LogP contribution < -0.4 is 4.74 Å². The van der Waals surface area contributed by atoms with Crippen LogP contribution in [0, 0.1) is 0 Å². The van der Waals surface area contributed by atoms with E-state index in [2.05, 4.69) is 0 Å². The fourth-order valence-electron chi connectivity index (χ4n) is 1.54. The number of hydrogen-bond acceptors (Lipinski definition) is 3. The molecular weight excluding hydrogens is 192 g/mol. The fourth-order valence-corrected chi connectivity index (χ4v) is 1.54. The van der Waals surface area contributed by atoms with Crippen molar-refractivity contribution in [3.05, 3.63) is 29.3 Å². The van der Waals surface area contributed by atoms with Crippen LogP contribution in [0.4, 0.5) is 0 Å². The van der Waals surface area contributed by atoms with Gasteiger partial charge < -0.3 is 9.47 Å². The molecule has 0 atom stereocenters. The molecule has 0 aliphatic rings. The lowest BCUT2D eigenvalue weighted by Gasteiger charge is -2.12. The molecule has 0 aromatic heterocycles. The van der Waals surface area contributed by atoms with Crippen LogP contribution in [-0.2, 0) is 22.6 Å². The topological polar surface area (TPSA) is 35.5 Å². The molecule has 0 spiro atoms. The van der Waals surface area contributed by atoms with Gasteiger partial charge in [-0.3, -0.25) is 4.79 Å². The molecule has 0 aliphatic heterocycles. The summed E-state index contributed by atoms with van der Waals surface area (Å²) in [6.45, 7) is 2.04. The van der Waals surface area contributed by atoms with Gasteiger partial charge in [-0.1, -0.05) is 12.1 Å². The quantitative estimate of drug-likeness (QED) is 0.742. The zero-order valence-electron chi connectivity index (χ0n) is 9.37. The minimum Gasteiger partial charge on any atom is -0.496 e. The van der Waals surface area contributed by atoms with Crippen LogP contribution in [0.5, 0.6) is 5.75 Å². The molecule has 82 valence electrons. The van der Waals surface area contributed by atoms with Crippen LogP contribution in [-0.4, -0.2) is 20.0 Å². The van der Waals surface area contributed by atoms with Crippen LogP contribution in [0.3, 0.4) is 0 Å². The van der Waals surface area contributed by atoms with E-state index in [1.165, 1.54) is 0 Å². The molecule has 1 rings (SSSR count). The van der Waals surface area contributed by atoms with Gasteiger partial charge in [0.2, 0.25) is 0 Å². The Balaban J connectivity index is 3.06. The lowest BCUT2D eigenvalue weighted by Crippen LogP contribution is -2.04. The van der Waals surface area contributed by atoms with Crippen LogP contribution >= 0.6 is 0 Å². The van der Waals surface area contributed by atoms with Gasteiger partial charge >= 0.3 is 0 Å². The van der Waals surface area contributed by atoms with Gasteiger partial charge in [0.15, 0.2) is 0 Å². The highest BCUT2D eigenvalue weighted by Crippen LogP contribution is 2.23. The molecule has 0 fully saturated rings. The largest absolute Gasteiger partial charge is 0.496 e. The highest BCUT2D eigenvalue weighted by Gasteiger charge is 2.09. The van der Waals surface area contributed by atoms with Gasteiger partial charge in [-0.05, 0) is 18.6 Å². The standard InChI is InChI=1S/C12H16O3/c1-9(13)7-10-5-4-6-12(15-3)11(10)8-14-2/h4-6H,7-8H2,1-3H3. The van der Waals surface area contributed by atoms with Crippen molar-refractivity contribution in [3.8, 4) is 5.75 Å². The molecule has 0 amide bonds. The summed E-state index contributed by atoms with van der Waals surface area (Å²) in [5.41, 5.74) is 1.93. The van der Waals surface area contributed by atoms with Crippen molar-refractivity contribution in [1.29, 1.82) is 0 Å². The molecule has 3 nitrogen and oxygen atoms in total. The Morgan fingerprint density at radius 1 is 1.33 bits per heavy atom. The van der Waals surface area contributed by atoms with Crippen molar-refractivity contribution in [2.24, 2.45) is 0 Å². The highest BCUT2D eigenvalue weighted by atomic mass is 16.5. The first-order valence-corrected chi connectivity index (χ1v) is 4.82. The van der Waals surface area contributed by atoms with Crippen LogP contribution in [0.25, 0.3) is 0 Å². The molecule has 1 aromatic rings. The third-order valence-electron chi connectivity index (χ3n) is 2.18. The lowest BCUT2D eigenvalue weighted by atomic mass is 10.0. The SMILES string of the molecule is COCc1c(CC(C)=O)cccc1OC. The molecule has 1 aromatic carbocycles. The number of carbonyl (C=O) groups is 1.